The number of esters is 1. The molecule has 9 nitrogen and oxygen atoms in total. The fraction of sp³-hybridized carbons (Fsp3) is 0.412. The van der Waals surface area contributed by atoms with Crippen molar-refractivity contribution in [2.45, 2.75) is 17.7 Å². The smallest absolute Gasteiger partial charge is 0.338 e. The highest BCUT2D eigenvalue weighted by Crippen LogP contribution is 2.25. The second-order valence-electron chi connectivity index (χ2n) is 5.71. The molecule has 0 aliphatic rings. The summed E-state index contributed by atoms with van der Waals surface area (Å²) in [5.74, 6) is -1.46. The van der Waals surface area contributed by atoms with E-state index in [1.807, 2.05) is 12.1 Å². The third-order valence-corrected chi connectivity index (χ3v) is 5.89. The molecular formula is C17H19ClN4O5S. The summed E-state index contributed by atoms with van der Waals surface area (Å²) in [6.07, 6.45) is 0.155. The van der Waals surface area contributed by atoms with Gasteiger partial charge in [0.15, 0.2) is 6.61 Å². The minimum atomic E-state index is -3.87. The molecule has 0 N–H and O–H groups in total. The van der Waals surface area contributed by atoms with Crippen molar-refractivity contribution in [1.29, 1.82) is 10.5 Å². The van der Waals surface area contributed by atoms with Crippen LogP contribution in [0.2, 0.25) is 5.02 Å². The molecule has 1 aromatic carbocycles. The van der Waals surface area contributed by atoms with E-state index in [1.165, 1.54) is 31.1 Å². The van der Waals surface area contributed by atoms with E-state index in [4.69, 9.17) is 26.9 Å². The molecule has 0 aromatic heterocycles. The van der Waals surface area contributed by atoms with Crippen molar-refractivity contribution in [2.75, 3.05) is 33.8 Å². The van der Waals surface area contributed by atoms with Crippen LogP contribution in [-0.4, -0.2) is 63.3 Å². The monoisotopic (exact) mass is 426 g/mol. The zero-order chi connectivity index (χ0) is 21.3. The van der Waals surface area contributed by atoms with Crippen LogP contribution in [0.5, 0.6) is 0 Å². The van der Waals surface area contributed by atoms with E-state index >= 15 is 0 Å². The lowest BCUT2D eigenvalue weighted by atomic mass is 10.2. The Labute approximate surface area is 168 Å². The predicted molar refractivity (Wildman–Crippen MR) is 99.6 cm³/mol. The third-order valence-electron chi connectivity index (χ3n) is 3.59. The Kier molecular flexibility index (Phi) is 8.86. The van der Waals surface area contributed by atoms with Crippen LogP contribution in [0.15, 0.2) is 23.1 Å². The molecule has 0 radical (unpaired) electrons. The molecule has 1 rings (SSSR count). The molecule has 0 atom stereocenters. The zero-order valence-corrected chi connectivity index (χ0v) is 17.0. The summed E-state index contributed by atoms with van der Waals surface area (Å²) in [7, 11) is -1.22. The SMILES string of the molecule is CN(C)S(=O)(=O)c1cc(C(=O)OCC(=O)N(CCC#N)CCC#N)ccc1Cl. The van der Waals surface area contributed by atoms with E-state index in [0.29, 0.717) is 0 Å². The van der Waals surface area contributed by atoms with Crippen LogP contribution in [0.3, 0.4) is 0 Å². The molecule has 11 heteroatoms. The number of ether oxygens (including phenoxy) is 1. The van der Waals surface area contributed by atoms with Gasteiger partial charge in [0.2, 0.25) is 10.0 Å². The second kappa shape index (κ2) is 10.6. The van der Waals surface area contributed by atoms with E-state index in [9.17, 15) is 18.0 Å². The summed E-state index contributed by atoms with van der Waals surface area (Å²) < 4.78 is 30.4. The molecule has 0 spiro atoms. The molecule has 0 saturated carbocycles. The first-order valence-electron chi connectivity index (χ1n) is 8.06. The minimum absolute atomic E-state index is 0.0551. The number of amides is 1. The topological polar surface area (TPSA) is 132 Å². The molecule has 28 heavy (non-hydrogen) atoms. The van der Waals surface area contributed by atoms with Crippen LogP contribution in [-0.2, 0) is 19.6 Å². The Bertz CT molecular complexity index is 900. The van der Waals surface area contributed by atoms with Gasteiger partial charge in [0.1, 0.15) is 4.90 Å². The van der Waals surface area contributed by atoms with Gasteiger partial charge in [0.25, 0.3) is 5.91 Å². The van der Waals surface area contributed by atoms with Gasteiger partial charge in [0, 0.05) is 27.2 Å². The lowest BCUT2D eigenvalue weighted by molar-refractivity contribution is -0.134. The van der Waals surface area contributed by atoms with Gasteiger partial charge in [-0.15, -0.1) is 0 Å². The van der Waals surface area contributed by atoms with Crippen LogP contribution >= 0.6 is 11.6 Å². The lowest BCUT2D eigenvalue weighted by Gasteiger charge is -2.20. The molecule has 0 heterocycles. The number of carbonyl (C=O) groups is 2. The molecule has 1 amide bonds. The van der Waals surface area contributed by atoms with Crippen LogP contribution < -0.4 is 0 Å². The lowest BCUT2D eigenvalue weighted by Crippen LogP contribution is -2.36. The number of carbonyl (C=O) groups excluding carboxylic acids is 2. The maximum absolute atomic E-state index is 12.3. The van der Waals surface area contributed by atoms with Gasteiger partial charge in [-0.3, -0.25) is 4.79 Å². The van der Waals surface area contributed by atoms with Crippen molar-refractivity contribution < 1.29 is 22.7 Å². The van der Waals surface area contributed by atoms with E-state index in [1.54, 1.807) is 0 Å². The fourth-order valence-corrected chi connectivity index (χ4v) is 3.45. The average Bonchev–Trinajstić information content (AvgIpc) is 2.66. The summed E-state index contributed by atoms with van der Waals surface area (Å²) in [6.45, 7) is -0.379. The van der Waals surface area contributed by atoms with E-state index in [2.05, 4.69) is 0 Å². The van der Waals surface area contributed by atoms with Gasteiger partial charge < -0.3 is 9.64 Å². The Balaban J connectivity index is 2.89. The number of sulfonamides is 1. The highest BCUT2D eigenvalue weighted by Gasteiger charge is 2.23. The van der Waals surface area contributed by atoms with Crippen molar-refractivity contribution in [1.82, 2.24) is 9.21 Å². The summed E-state index contributed by atoms with van der Waals surface area (Å²) in [5, 5.41) is 17.2. The van der Waals surface area contributed by atoms with Crippen molar-refractivity contribution in [3.05, 3.63) is 28.8 Å². The van der Waals surface area contributed by atoms with Crippen molar-refractivity contribution in [3.63, 3.8) is 0 Å². The fourth-order valence-electron chi connectivity index (χ4n) is 2.06. The highest BCUT2D eigenvalue weighted by atomic mass is 35.5. The van der Waals surface area contributed by atoms with Crippen LogP contribution in [0, 0.1) is 22.7 Å². The number of hydrogen-bond acceptors (Lipinski definition) is 7. The first-order chi connectivity index (χ1) is 13.1. The zero-order valence-electron chi connectivity index (χ0n) is 15.4. The Morgan fingerprint density at radius 3 is 2.21 bits per heavy atom. The Morgan fingerprint density at radius 1 is 1.14 bits per heavy atom. The van der Waals surface area contributed by atoms with E-state index in [0.717, 1.165) is 10.4 Å². The highest BCUT2D eigenvalue weighted by molar-refractivity contribution is 7.89. The van der Waals surface area contributed by atoms with Gasteiger partial charge in [-0.25, -0.2) is 17.5 Å². The summed E-state index contributed by atoms with van der Waals surface area (Å²) in [4.78, 5) is 25.4. The number of nitrogens with zero attached hydrogens (tertiary/aromatic N) is 4. The Hall–Kier alpha value is -2.66. The predicted octanol–water partition coefficient (Wildman–Crippen LogP) is 1.40. The van der Waals surface area contributed by atoms with Crippen LogP contribution in [0.25, 0.3) is 0 Å². The third kappa shape index (κ3) is 6.20. The van der Waals surface area contributed by atoms with Gasteiger partial charge in [-0.05, 0) is 18.2 Å². The first-order valence-corrected chi connectivity index (χ1v) is 9.87. The normalized spacial score (nSPS) is 10.8. The average molecular weight is 427 g/mol. The quantitative estimate of drug-likeness (QED) is 0.545. The second-order valence-corrected chi connectivity index (χ2v) is 8.23. The standard InChI is InChI=1S/C17H19ClN4O5S/c1-21(2)28(25,26)15-11-13(5-6-14(15)18)17(24)27-12-16(23)22(9-3-7-19)10-4-8-20/h5-6,11H,3-4,9-10,12H2,1-2H3. The molecule has 1 aromatic rings. The van der Waals surface area contributed by atoms with E-state index in [-0.39, 0.29) is 41.4 Å². The van der Waals surface area contributed by atoms with Gasteiger partial charge in [-0.1, -0.05) is 11.6 Å². The molecule has 0 aliphatic heterocycles. The molecule has 150 valence electrons. The molecule has 0 bridgehead atoms. The largest absolute Gasteiger partial charge is 0.452 e. The summed E-state index contributed by atoms with van der Waals surface area (Å²) >= 11 is 5.92. The number of hydrogen-bond donors (Lipinski definition) is 0. The van der Waals surface area contributed by atoms with Gasteiger partial charge >= 0.3 is 5.97 Å². The minimum Gasteiger partial charge on any atom is -0.452 e. The number of rotatable bonds is 9. The van der Waals surface area contributed by atoms with Gasteiger partial charge in [0.05, 0.1) is 35.6 Å². The summed E-state index contributed by atoms with van der Waals surface area (Å²) in [5.41, 5.74) is -0.0850. The maximum atomic E-state index is 12.3. The van der Waals surface area contributed by atoms with E-state index < -0.39 is 28.5 Å². The maximum Gasteiger partial charge on any atom is 0.338 e. The van der Waals surface area contributed by atoms with Crippen molar-refractivity contribution in [2.24, 2.45) is 0 Å². The van der Waals surface area contributed by atoms with Crippen LogP contribution in [0.1, 0.15) is 23.2 Å². The number of nitriles is 2. The Morgan fingerprint density at radius 2 is 1.71 bits per heavy atom. The van der Waals surface area contributed by atoms with Gasteiger partial charge in [-0.2, -0.15) is 10.5 Å². The van der Waals surface area contributed by atoms with Crippen LogP contribution in [0.4, 0.5) is 0 Å². The number of halogens is 1. The molecular weight excluding hydrogens is 408 g/mol. The summed E-state index contributed by atoms with van der Waals surface area (Å²) in [6, 6.07) is 7.41. The first kappa shape index (κ1) is 23.4. The molecule has 0 fully saturated rings. The van der Waals surface area contributed by atoms with Crippen molar-refractivity contribution in [3.8, 4) is 12.1 Å². The number of benzene rings is 1. The molecule has 0 unspecified atom stereocenters. The van der Waals surface area contributed by atoms with Crippen molar-refractivity contribution >= 4 is 33.5 Å². The molecule has 0 aliphatic carbocycles. The molecule has 0 saturated heterocycles.